The molecule has 1 aliphatic heterocycles. The van der Waals surface area contributed by atoms with Crippen LogP contribution in [-0.2, 0) is 14.8 Å². The maximum absolute atomic E-state index is 12.6. The molecule has 1 fully saturated rings. The van der Waals surface area contributed by atoms with Crippen LogP contribution in [0.15, 0.2) is 17.0 Å². The second kappa shape index (κ2) is 7.03. The van der Waals surface area contributed by atoms with Crippen molar-refractivity contribution in [1.82, 2.24) is 14.6 Å². The first kappa shape index (κ1) is 19.2. The van der Waals surface area contributed by atoms with E-state index in [1.807, 2.05) is 0 Å². The molecule has 2 heterocycles. The van der Waals surface area contributed by atoms with Gasteiger partial charge in [0.15, 0.2) is 5.15 Å². The first-order valence-corrected chi connectivity index (χ1v) is 9.50. The molecule has 0 saturated carbocycles. The number of pyridine rings is 1. The monoisotopic (exact) mass is 395 g/mol. The maximum Gasteiger partial charge on any atom is 0.407 e. The Morgan fingerprint density at radius 2 is 2.04 bits per heavy atom. The number of halogens is 2. The fourth-order valence-corrected chi connectivity index (χ4v) is 4.41. The zero-order valence-electron chi connectivity index (χ0n) is 13.5. The van der Waals surface area contributed by atoms with Crippen molar-refractivity contribution in [2.24, 2.45) is 0 Å². The number of rotatable bonds is 3. The molecule has 1 N–H and O–H groups in total. The van der Waals surface area contributed by atoms with Crippen molar-refractivity contribution in [3.8, 4) is 0 Å². The third-order valence-corrected chi connectivity index (χ3v) is 5.78. The number of hydrogen-bond acceptors (Lipinski definition) is 5. The predicted octanol–water partition coefficient (Wildman–Crippen LogP) is 2.68. The number of sulfonamides is 1. The summed E-state index contributed by atoms with van der Waals surface area (Å²) >= 11 is 11.6. The van der Waals surface area contributed by atoms with Gasteiger partial charge >= 0.3 is 6.09 Å². The smallest absolute Gasteiger partial charge is 0.407 e. The zero-order chi connectivity index (χ0) is 18.1. The Morgan fingerprint density at radius 1 is 1.38 bits per heavy atom. The molecule has 0 aliphatic carbocycles. The second-order valence-electron chi connectivity index (χ2n) is 6.42. The molecule has 24 heavy (non-hydrogen) atoms. The Hall–Kier alpha value is -1.09. The third-order valence-electron chi connectivity index (χ3n) is 3.27. The van der Waals surface area contributed by atoms with Gasteiger partial charge in [-0.1, -0.05) is 23.2 Å². The van der Waals surface area contributed by atoms with Gasteiger partial charge in [0.2, 0.25) is 10.0 Å². The molecular formula is C14H19Cl2N3O4S. The summed E-state index contributed by atoms with van der Waals surface area (Å²) in [6.07, 6.45) is -0.0881. The van der Waals surface area contributed by atoms with E-state index in [0.29, 0.717) is 6.42 Å². The fourth-order valence-electron chi connectivity index (χ4n) is 2.27. The SMILES string of the molecule is CC(C)(C)OC(=O)NC1CCN(S(=O)(=O)c2ccc(Cl)nc2Cl)C1. The highest BCUT2D eigenvalue weighted by Gasteiger charge is 2.35. The molecule has 1 atom stereocenters. The minimum atomic E-state index is -3.80. The van der Waals surface area contributed by atoms with Gasteiger partial charge in [0.1, 0.15) is 15.6 Å². The predicted molar refractivity (Wildman–Crippen MR) is 90.8 cm³/mol. The molecule has 1 aromatic rings. The van der Waals surface area contributed by atoms with E-state index in [4.69, 9.17) is 27.9 Å². The zero-order valence-corrected chi connectivity index (χ0v) is 15.9. The van der Waals surface area contributed by atoms with E-state index in [0.717, 1.165) is 0 Å². The molecule has 0 bridgehead atoms. The van der Waals surface area contributed by atoms with Crippen molar-refractivity contribution < 1.29 is 17.9 Å². The average molecular weight is 396 g/mol. The van der Waals surface area contributed by atoms with Crippen molar-refractivity contribution in [2.75, 3.05) is 13.1 Å². The maximum atomic E-state index is 12.6. The Kier molecular flexibility index (Phi) is 5.64. The van der Waals surface area contributed by atoms with E-state index >= 15 is 0 Å². The number of hydrogen-bond donors (Lipinski definition) is 1. The average Bonchev–Trinajstić information content (AvgIpc) is 2.84. The molecule has 7 nitrogen and oxygen atoms in total. The van der Waals surface area contributed by atoms with Crippen molar-refractivity contribution in [2.45, 2.75) is 43.7 Å². The molecule has 0 radical (unpaired) electrons. The molecule has 10 heteroatoms. The largest absolute Gasteiger partial charge is 0.444 e. The van der Waals surface area contributed by atoms with Crippen LogP contribution in [0, 0.1) is 0 Å². The van der Waals surface area contributed by atoms with Gasteiger partial charge in [0.25, 0.3) is 0 Å². The minimum Gasteiger partial charge on any atom is -0.444 e. The van der Waals surface area contributed by atoms with Crippen molar-refractivity contribution >= 4 is 39.3 Å². The van der Waals surface area contributed by atoms with Gasteiger partial charge in [-0.25, -0.2) is 18.2 Å². The topological polar surface area (TPSA) is 88.6 Å². The van der Waals surface area contributed by atoms with E-state index in [1.165, 1.54) is 16.4 Å². The summed E-state index contributed by atoms with van der Waals surface area (Å²) in [6, 6.07) is 2.36. The van der Waals surface area contributed by atoms with Crippen LogP contribution in [0.25, 0.3) is 0 Å². The highest BCUT2D eigenvalue weighted by molar-refractivity contribution is 7.89. The first-order valence-electron chi connectivity index (χ1n) is 7.31. The van der Waals surface area contributed by atoms with Crippen molar-refractivity contribution in [3.05, 3.63) is 22.4 Å². The lowest BCUT2D eigenvalue weighted by atomic mass is 10.2. The molecule has 0 spiro atoms. The van der Waals surface area contributed by atoms with Gasteiger partial charge in [-0.05, 0) is 39.3 Å². The van der Waals surface area contributed by atoms with Crippen LogP contribution < -0.4 is 5.32 Å². The highest BCUT2D eigenvalue weighted by Crippen LogP contribution is 2.27. The molecule has 1 aliphatic rings. The van der Waals surface area contributed by atoms with E-state index in [-0.39, 0.29) is 34.3 Å². The highest BCUT2D eigenvalue weighted by atomic mass is 35.5. The van der Waals surface area contributed by atoms with Gasteiger partial charge in [-0.15, -0.1) is 0 Å². The molecule has 2 rings (SSSR count). The third kappa shape index (κ3) is 4.72. The Labute approximate surface area is 151 Å². The van der Waals surface area contributed by atoms with Gasteiger partial charge in [-0.2, -0.15) is 4.31 Å². The number of ether oxygens (including phenoxy) is 1. The number of nitrogens with one attached hydrogen (secondary N) is 1. The second-order valence-corrected chi connectivity index (χ2v) is 9.07. The van der Waals surface area contributed by atoms with Crippen LogP contribution in [0.2, 0.25) is 10.3 Å². The summed E-state index contributed by atoms with van der Waals surface area (Å²) in [5.74, 6) is 0. The summed E-state index contributed by atoms with van der Waals surface area (Å²) in [5, 5.41) is 2.62. The molecule has 1 saturated heterocycles. The lowest BCUT2D eigenvalue weighted by Crippen LogP contribution is -2.41. The molecule has 0 aromatic carbocycles. The van der Waals surface area contributed by atoms with Crippen LogP contribution in [0.1, 0.15) is 27.2 Å². The van der Waals surface area contributed by atoms with Gasteiger partial charge in [-0.3, -0.25) is 0 Å². The van der Waals surface area contributed by atoms with Gasteiger partial charge in [0, 0.05) is 19.1 Å². The summed E-state index contributed by atoms with van der Waals surface area (Å²) in [5.41, 5.74) is -0.614. The summed E-state index contributed by atoms with van der Waals surface area (Å²) < 4.78 is 31.7. The number of alkyl carbamates (subject to hydrolysis) is 1. The Balaban J connectivity index is 2.05. The van der Waals surface area contributed by atoms with E-state index in [2.05, 4.69) is 10.3 Å². The van der Waals surface area contributed by atoms with E-state index < -0.39 is 21.7 Å². The molecule has 1 amide bonds. The van der Waals surface area contributed by atoms with E-state index in [1.54, 1.807) is 20.8 Å². The summed E-state index contributed by atoms with van der Waals surface area (Å²) in [6.45, 7) is 5.68. The van der Waals surface area contributed by atoms with Crippen LogP contribution in [0.3, 0.4) is 0 Å². The van der Waals surface area contributed by atoms with Gasteiger partial charge < -0.3 is 10.1 Å². The lowest BCUT2D eigenvalue weighted by molar-refractivity contribution is 0.0507. The van der Waals surface area contributed by atoms with Crippen LogP contribution >= 0.6 is 23.2 Å². The number of nitrogens with zero attached hydrogens (tertiary/aromatic N) is 2. The minimum absolute atomic E-state index is 0.105. The number of amides is 1. The Bertz CT molecular complexity index is 734. The summed E-state index contributed by atoms with van der Waals surface area (Å²) in [4.78, 5) is 15.4. The normalized spacial score (nSPS) is 19.3. The molecule has 1 unspecified atom stereocenters. The first-order chi connectivity index (χ1) is 11.0. The fraction of sp³-hybridized carbons (Fsp3) is 0.571. The standard InChI is InChI=1S/C14H19Cl2N3O4S/c1-14(2,3)23-13(20)17-9-6-7-19(8-9)24(21,22)10-4-5-11(15)18-12(10)16/h4-5,9H,6-8H2,1-3H3,(H,17,20). The van der Waals surface area contributed by atoms with E-state index in [9.17, 15) is 13.2 Å². The summed E-state index contributed by atoms with van der Waals surface area (Å²) in [7, 11) is -3.80. The van der Waals surface area contributed by atoms with Gasteiger partial charge in [0.05, 0.1) is 0 Å². The number of aromatic nitrogens is 1. The number of carbonyl (C=O) groups is 1. The Morgan fingerprint density at radius 3 is 2.62 bits per heavy atom. The van der Waals surface area contributed by atoms with Crippen LogP contribution in [0.4, 0.5) is 4.79 Å². The molecule has 134 valence electrons. The lowest BCUT2D eigenvalue weighted by Gasteiger charge is -2.22. The molecular weight excluding hydrogens is 377 g/mol. The van der Waals surface area contributed by atoms with Crippen LogP contribution in [-0.4, -0.2) is 48.5 Å². The van der Waals surface area contributed by atoms with Crippen molar-refractivity contribution in [1.29, 1.82) is 0 Å². The molecule has 1 aromatic heterocycles. The van der Waals surface area contributed by atoms with Crippen LogP contribution in [0.5, 0.6) is 0 Å². The van der Waals surface area contributed by atoms with Crippen molar-refractivity contribution in [3.63, 3.8) is 0 Å². The number of carbonyl (C=O) groups excluding carboxylic acids is 1. The quantitative estimate of drug-likeness (QED) is 0.794.